The van der Waals surface area contributed by atoms with Gasteiger partial charge in [-0.2, -0.15) is 0 Å². The van der Waals surface area contributed by atoms with Crippen molar-refractivity contribution in [3.63, 3.8) is 0 Å². The van der Waals surface area contributed by atoms with Gasteiger partial charge in [0, 0.05) is 19.1 Å². The zero-order valence-corrected chi connectivity index (χ0v) is 16.4. The highest BCUT2D eigenvalue weighted by Crippen LogP contribution is 2.35. The average Bonchev–Trinajstić information content (AvgIpc) is 3.00. The lowest BCUT2D eigenvalue weighted by Gasteiger charge is -2.38. The van der Waals surface area contributed by atoms with Gasteiger partial charge in [-0.25, -0.2) is 4.79 Å². The summed E-state index contributed by atoms with van der Waals surface area (Å²) in [4.78, 5) is 27.6. The van der Waals surface area contributed by atoms with Crippen LogP contribution in [0, 0.1) is 0 Å². The fourth-order valence-corrected chi connectivity index (χ4v) is 3.98. The van der Waals surface area contributed by atoms with E-state index in [4.69, 9.17) is 17.0 Å². The minimum absolute atomic E-state index is 0.0131. The van der Waals surface area contributed by atoms with Crippen molar-refractivity contribution in [3.05, 3.63) is 35.9 Å². The first-order chi connectivity index (χ1) is 13.0. The Balaban J connectivity index is 1.55. The number of rotatable bonds is 4. The zero-order valence-electron chi connectivity index (χ0n) is 15.6. The van der Waals surface area contributed by atoms with Gasteiger partial charge in [0.15, 0.2) is 5.11 Å². The van der Waals surface area contributed by atoms with Gasteiger partial charge in [0.25, 0.3) is 0 Å². The number of carbonyl (C=O) groups excluding carboxylic acids is 2. The molecule has 2 unspecified atom stereocenters. The van der Waals surface area contributed by atoms with E-state index < -0.39 is 0 Å². The number of nitrogens with zero attached hydrogens (tertiary/aromatic N) is 2. The van der Waals surface area contributed by atoms with Crippen LogP contribution in [0.3, 0.4) is 0 Å². The number of benzene rings is 1. The number of likely N-dealkylation sites (tertiary alicyclic amines) is 1. The summed E-state index contributed by atoms with van der Waals surface area (Å²) in [6.07, 6.45) is 1.13. The van der Waals surface area contributed by atoms with Crippen molar-refractivity contribution in [1.82, 2.24) is 15.1 Å². The number of hydrogen-bond acceptors (Lipinski definition) is 5. The number of hydrogen-bond donors (Lipinski definition) is 1. The van der Waals surface area contributed by atoms with E-state index in [1.54, 1.807) is 0 Å². The summed E-state index contributed by atoms with van der Waals surface area (Å²) < 4.78 is 10.3. The molecule has 146 valence electrons. The highest BCUT2D eigenvalue weighted by molar-refractivity contribution is 7.80. The fraction of sp³-hybridized carbons (Fsp3) is 0.526. The SMILES string of the molecule is COC(=O)CNC(=S)N1CCC(N2C(=O)OC(c3ccccc3)C2C)CC1. The highest BCUT2D eigenvalue weighted by Gasteiger charge is 2.44. The second kappa shape index (κ2) is 8.56. The summed E-state index contributed by atoms with van der Waals surface area (Å²) in [7, 11) is 1.34. The molecule has 2 heterocycles. The first-order valence-corrected chi connectivity index (χ1v) is 9.55. The van der Waals surface area contributed by atoms with Crippen molar-refractivity contribution in [2.75, 3.05) is 26.7 Å². The van der Waals surface area contributed by atoms with E-state index in [-0.39, 0.29) is 36.8 Å². The van der Waals surface area contributed by atoms with E-state index in [9.17, 15) is 9.59 Å². The first kappa shape index (κ1) is 19.4. The monoisotopic (exact) mass is 391 g/mol. The molecule has 0 radical (unpaired) electrons. The van der Waals surface area contributed by atoms with Gasteiger partial charge >= 0.3 is 12.1 Å². The molecule has 2 fully saturated rings. The van der Waals surface area contributed by atoms with Crippen molar-refractivity contribution < 1.29 is 19.1 Å². The van der Waals surface area contributed by atoms with E-state index in [1.165, 1.54) is 7.11 Å². The van der Waals surface area contributed by atoms with Crippen LogP contribution in [-0.2, 0) is 14.3 Å². The van der Waals surface area contributed by atoms with Gasteiger partial charge in [-0.3, -0.25) is 9.69 Å². The van der Waals surface area contributed by atoms with Gasteiger partial charge in [0.2, 0.25) is 0 Å². The van der Waals surface area contributed by atoms with Crippen LogP contribution in [0.15, 0.2) is 30.3 Å². The summed E-state index contributed by atoms with van der Waals surface area (Å²) >= 11 is 5.34. The van der Waals surface area contributed by atoms with Crippen LogP contribution in [0.5, 0.6) is 0 Å². The van der Waals surface area contributed by atoms with Gasteiger partial charge < -0.3 is 19.7 Å². The molecule has 1 aromatic rings. The standard InChI is InChI=1S/C19H25N3O4S/c1-13-17(14-6-4-3-5-7-14)26-19(24)22(13)15-8-10-21(11-9-15)18(27)20-12-16(23)25-2/h3-7,13,15,17H,8-12H2,1-2H3,(H,20,27). The van der Waals surface area contributed by atoms with Gasteiger partial charge in [0.05, 0.1) is 13.2 Å². The number of amides is 1. The third kappa shape index (κ3) is 4.32. The number of esters is 1. The van der Waals surface area contributed by atoms with Gasteiger partial charge in [0.1, 0.15) is 12.6 Å². The Kier molecular flexibility index (Phi) is 6.15. The molecule has 0 aromatic heterocycles. The summed E-state index contributed by atoms with van der Waals surface area (Å²) in [5.41, 5.74) is 1.02. The van der Waals surface area contributed by atoms with E-state index in [1.807, 2.05) is 47.1 Å². The number of ether oxygens (including phenoxy) is 2. The topological polar surface area (TPSA) is 71.1 Å². The minimum atomic E-state index is -0.354. The Morgan fingerprint density at radius 3 is 2.59 bits per heavy atom. The van der Waals surface area contributed by atoms with Crippen molar-refractivity contribution in [3.8, 4) is 0 Å². The predicted octanol–water partition coefficient (Wildman–Crippen LogP) is 2.08. The molecule has 0 saturated carbocycles. The Morgan fingerprint density at radius 1 is 1.30 bits per heavy atom. The van der Waals surface area contributed by atoms with E-state index in [0.717, 1.165) is 31.5 Å². The Bertz CT molecular complexity index is 691. The smallest absolute Gasteiger partial charge is 0.411 e. The molecule has 1 N–H and O–H groups in total. The third-order valence-corrected chi connectivity index (χ3v) is 5.60. The minimum Gasteiger partial charge on any atom is -0.468 e. The Labute approximate surface area is 164 Å². The van der Waals surface area contributed by atoms with Crippen molar-refractivity contribution in [2.24, 2.45) is 0 Å². The average molecular weight is 391 g/mol. The lowest BCUT2D eigenvalue weighted by atomic mass is 9.98. The molecule has 0 spiro atoms. The molecular formula is C19H25N3O4S. The summed E-state index contributed by atoms with van der Waals surface area (Å²) in [6.45, 7) is 3.55. The molecule has 27 heavy (non-hydrogen) atoms. The molecule has 2 atom stereocenters. The Morgan fingerprint density at radius 2 is 1.96 bits per heavy atom. The van der Waals surface area contributed by atoms with E-state index in [0.29, 0.717) is 5.11 Å². The molecule has 2 aliphatic rings. The predicted molar refractivity (Wildman–Crippen MR) is 104 cm³/mol. The second-order valence-electron chi connectivity index (χ2n) is 6.82. The summed E-state index contributed by atoms with van der Waals surface area (Å²) in [5, 5.41) is 3.45. The van der Waals surface area contributed by atoms with Gasteiger partial charge in [-0.1, -0.05) is 30.3 Å². The number of cyclic esters (lactones) is 1. The molecule has 8 heteroatoms. The van der Waals surface area contributed by atoms with Crippen molar-refractivity contribution in [2.45, 2.75) is 38.0 Å². The van der Waals surface area contributed by atoms with Crippen LogP contribution in [0.2, 0.25) is 0 Å². The van der Waals surface area contributed by atoms with Crippen LogP contribution >= 0.6 is 12.2 Å². The molecular weight excluding hydrogens is 366 g/mol. The molecule has 0 aliphatic carbocycles. The molecule has 7 nitrogen and oxygen atoms in total. The van der Waals surface area contributed by atoms with Crippen molar-refractivity contribution in [1.29, 1.82) is 0 Å². The lowest BCUT2D eigenvalue weighted by molar-refractivity contribution is -0.139. The molecule has 1 amide bonds. The third-order valence-electron chi connectivity index (χ3n) is 5.20. The molecule has 0 bridgehead atoms. The quantitative estimate of drug-likeness (QED) is 0.622. The van der Waals surface area contributed by atoms with Crippen LogP contribution < -0.4 is 5.32 Å². The number of thiocarbonyl (C=S) groups is 1. The number of methoxy groups -OCH3 is 1. The van der Waals surface area contributed by atoms with E-state index >= 15 is 0 Å². The molecule has 3 rings (SSSR count). The second-order valence-corrected chi connectivity index (χ2v) is 7.20. The maximum Gasteiger partial charge on any atom is 0.411 e. The molecule has 1 aromatic carbocycles. The first-order valence-electron chi connectivity index (χ1n) is 9.14. The van der Waals surface area contributed by atoms with Gasteiger partial charge in [-0.15, -0.1) is 0 Å². The number of nitrogens with one attached hydrogen (secondary N) is 1. The summed E-state index contributed by atoms with van der Waals surface area (Å²) in [5.74, 6) is -0.354. The van der Waals surface area contributed by atoms with Crippen molar-refractivity contribution >= 4 is 29.4 Å². The normalized spacial score (nSPS) is 23.1. The van der Waals surface area contributed by atoms with Crippen LogP contribution in [0.1, 0.15) is 31.4 Å². The number of piperidine rings is 1. The number of carbonyl (C=O) groups is 2. The molecule has 2 saturated heterocycles. The maximum absolute atomic E-state index is 12.5. The summed E-state index contributed by atoms with van der Waals surface area (Å²) in [6, 6.07) is 9.97. The lowest BCUT2D eigenvalue weighted by Crippen LogP contribution is -2.51. The van der Waals surface area contributed by atoms with Crippen LogP contribution in [0.25, 0.3) is 0 Å². The fourth-order valence-electron chi connectivity index (χ4n) is 3.73. The maximum atomic E-state index is 12.5. The zero-order chi connectivity index (χ0) is 19.4. The van der Waals surface area contributed by atoms with Gasteiger partial charge in [-0.05, 0) is 37.5 Å². The van der Waals surface area contributed by atoms with Crippen LogP contribution in [0.4, 0.5) is 4.79 Å². The van der Waals surface area contributed by atoms with E-state index in [2.05, 4.69) is 10.1 Å². The Hall–Kier alpha value is -2.35. The highest BCUT2D eigenvalue weighted by atomic mass is 32.1. The molecule has 2 aliphatic heterocycles. The van der Waals surface area contributed by atoms with Crippen LogP contribution in [-0.4, -0.2) is 65.8 Å². The largest absolute Gasteiger partial charge is 0.468 e.